The SMILES string of the molecule is COCCN(Cc1ccc2c(c1)OCO2)C(=O)c1cccc2[nH]c(C(F)(F)F)nc12. The molecule has 0 fully saturated rings. The first-order valence-corrected chi connectivity index (χ1v) is 9.09. The summed E-state index contributed by atoms with van der Waals surface area (Å²) >= 11 is 0. The van der Waals surface area contributed by atoms with Crippen LogP contribution in [0.2, 0.25) is 0 Å². The number of methoxy groups -OCH3 is 1. The fourth-order valence-corrected chi connectivity index (χ4v) is 3.22. The van der Waals surface area contributed by atoms with E-state index in [0.29, 0.717) is 11.5 Å². The quantitative estimate of drug-likeness (QED) is 0.658. The summed E-state index contributed by atoms with van der Waals surface area (Å²) in [5, 5.41) is 0. The summed E-state index contributed by atoms with van der Waals surface area (Å²) in [5.41, 5.74) is 0.982. The molecule has 1 aromatic heterocycles. The Kier molecular flexibility index (Phi) is 5.25. The van der Waals surface area contributed by atoms with Gasteiger partial charge in [-0.3, -0.25) is 4.79 Å². The smallest absolute Gasteiger partial charge is 0.449 e. The Morgan fingerprint density at radius 3 is 2.80 bits per heavy atom. The van der Waals surface area contributed by atoms with E-state index < -0.39 is 17.9 Å². The van der Waals surface area contributed by atoms with Crippen molar-refractivity contribution in [3.63, 3.8) is 0 Å². The number of aromatic nitrogens is 2. The molecule has 3 aromatic rings. The van der Waals surface area contributed by atoms with Crippen molar-refractivity contribution in [2.45, 2.75) is 12.7 Å². The topological polar surface area (TPSA) is 76.7 Å². The molecule has 158 valence electrons. The molecule has 30 heavy (non-hydrogen) atoms. The molecule has 1 N–H and O–H groups in total. The first-order valence-electron chi connectivity index (χ1n) is 9.09. The Balaban J connectivity index is 1.66. The Hall–Kier alpha value is -3.27. The maximum absolute atomic E-state index is 13.2. The van der Waals surface area contributed by atoms with Crippen molar-refractivity contribution < 1.29 is 32.2 Å². The third kappa shape index (κ3) is 3.90. The predicted octanol–water partition coefficient (Wildman–Crippen LogP) is 3.60. The number of carbonyl (C=O) groups excluding carboxylic acids is 1. The highest BCUT2D eigenvalue weighted by atomic mass is 19.4. The van der Waals surface area contributed by atoms with Crippen LogP contribution >= 0.6 is 0 Å². The van der Waals surface area contributed by atoms with Gasteiger partial charge in [0.25, 0.3) is 5.91 Å². The number of imidazole rings is 1. The molecule has 2 aromatic carbocycles. The molecule has 0 atom stereocenters. The lowest BCUT2D eigenvalue weighted by atomic mass is 10.1. The summed E-state index contributed by atoms with van der Waals surface area (Å²) in [6.45, 7) is 0.858. The minimum absolute atomic E-state index is 0.0251. The second kappa shape index (κ2) is 7.86. The number of alkyl halides is 3. The molecule has 1 amide bonds. The zero-order valence-corrected chi connectivity index (χ0v) is 16.0. The number of nitrogens with zero attached hydrogens (tertiary/aromatic N) is 2. The van der Waals surface area contributed by atoms with Crippen LogP contribution in [0.1, 0.15) is 21.7 Å². The predicted molar refractivity (Wildman–Crippen MR) is 100 cm³/mol. The Morgan fingerprint density at radius 1 is 1.23 bits per heavy atom. The molecule has 0 saturated carbocycles. The summed E-state index contributed by atoms with van der Waals surface area (Å²) in [6.07, 6.45) is -4.64. The highest BCUT2D eigenvalue weighted by Crippen LogP contribution is 2.33. The van der Waals surface area contributed by atoms with Crippen LogP contribution in [0.4, 0.5) is 13.2 Å². The lowest BCUT2D eigenvalue weighted by Crippen LogP contribution is -2.33. The summed E-state index contributed by atoms with van der Waals surface area (Å²) in [5.74, 6) is -0.391. The number of carbonyl (C=O) groups is 1. The molecule has 0 aliphatic carbocycles. The van der Waals surface area contributed by atoms with E-state index in [4.69, 9.17) is 14.2 Å². The minimum atomic E-state index is -4.64. The van der Waals surface area contributed by atoms with Crippen molar-refractivity contribution in [2.75, 3.05) is 27.1 Å². The summed E-state index contributed by atoms with van der Waals surface area (Å²) in [4.78, 5) is 20.6. The van der Waals surface area contributed by atoms with Crippen LogP contribution in [0.5, 0.6) is 11.5 Å². The lowest BCUT2D eigenvalue weighted by Gasteiger charge is -2.23. The van der Waals surface area contributed by atoms with Gasteiger partial charge in [-0.05, 0) is 29.8 Å². The number of halogens is 3. The Bertz CT molecular complexity index is 1080. The van der Waals surface area contributed by atoms with E-state index >= 15 is 0 Å². The van der Waals surface area contributed by atoms with Crippen molar-refractivity contribution in [1.29, 1.82) is 0 Å². The molecule has 1 aliphatic rings. The fourth-order valence-electron chi connectivity index (χ4n) is 3.22. The second-order valence-electron chi connectivity index (χ2n) is 6.69. The number of rotatable bonds is 6. The highest BCUT2D eigenvalue weighted by Gasteiger charge is 2.35. The number of hydrogen-bond acceptors (Lipinski definition) is 5. The van der Waals surface area contributed by atoms with E-state index in [-0.39, 0.29) is 43.1 Å². The molecule has 2 heterocycles. The molecular weight excluding hydrogens is 403 g/mol. The normalized spacial score (nSPS) is 13.1. The van der Waals surface area contributed by atoms with Crippen LogP contribution in [-0.2, 0) is 17.5 Å². The number of para-hydroxylation sites is 1. The van der Waals surface area contributed by atoms with Crippen LogP contribution < -0.4 is 9.47 Å². The molecule has 0 radical (unpaired) electrons. The summed E-state index contributed by atoms with van der Waals surface area (Å²) in [7, 11) is 1.51. The molecule has 0 saturated heterocycles. The Labute approximate surface area is 169 Å². The van der Waals surface area contributed by atoms with Crippen LogP contribution in [0, 0.1) is 0 Å². The van der Waals surface area contributed by atoms with Crippen molar-refractivity contribution in [2.24, 2.45) is 0 Å². The average molecular weight is 421 g/mol. The average Bonchev–Trinajstić information content (AvgIpc) is 3.36. The van der Waals surface area contributed by atoms with Gasteiger partial charge < -0.3 is 24.1 Å². The van der Waals surface area contributed by atoms with Gasteiger partial charge in [0.05, 0.1) is 17.7 Å². The first kappa shape index (κ1) is 20.0. The first-order chi connectivity index (χ1) is 14.4. The lowest BCUT2D eigenvalue weighted by molar-refractivity contribution is -0.144. The van der Waals surface area contributed by atoms with Gasteiger partial charge in [0.15, 0.2) is 11.5 Å². The van der Waals surface area contributed by atoms with Gasteiger partial charge in [-0.2, -0.15) is 13.2 Å². The van der Waals surface area contributed by atoms with Gasteiger partial charge in [-0.25, -0.2) is 4.98 Å². The number of amides is 1. The number of hydrogen-bond donors (Lipinski definition) is 1. The van der Waals surface area contributed by atoms with Gasteiger partial charge in [-0.15, -0.1) is 0 Å². The number of benzene rings is 2. The molecule has 4 rings (SSSR count). The standard InChI is InChI=1S/C20H18F3N3O4/c1-28-8-7-26(10-12-5-6-15-16(9-12)30-11-29-15)18(27)13-3-2-4-14-17(13)25-19(24-14)20(21,22)23/h2-6,9H,7-8,10-11H2,1H3,(H,24,25). The van der Waals surface area contributed by atoms with Crippen LogP contribution in [0.25, 0.3) is 11.0 Å². The maximum Gasteiger partial charge on any atom is 0.449 e. The molecule has 0 unspecified atom stereocenters. The van der Waals surface area contributed by atoms with Crippen LogP contribution in [-0.4, -0.2) is 47.8 Å². The Morgan fingerprint density at radius 2 is 2.03 bits per heavy atom. The third-order valence-corrected chi connectivity index (χ3v) is 4.67. The largest absolute Gasteiger partial charge is 0.454 e. The van der Waals surface area contributed by atoms with Crippen LogP contribution in [0.15, 0.2) is 36.4 Å². The van der Waals surface area contributed by atoms with E-state index in [1.807, 2.05) is 0 Å². The number of nitrogens with one attached hydrogen (secondary N) is 1. The van der Waals surface area contributed by atoms with Crippen molar-refractivity contribution in [1.82, 2.24) is 14.9 Å². The van der Waals surface area contributed by atoms with E-state index in [0.717, 1.165) is 5.56 Å². The van der Waals surface area contributed by atoms with E-state index in [9.17, 15) is 18.0 Å². The molecule has 7 nitrogen and oxygen atoms in total. The molecule has 10 heteroatoms. The van der Waals surface area contributed by atoms with E-state index in [2.05, 4.69) is 9.97 Å². The van der Waals surface area contributed by atoms with Gasteiger partial charge >= 0.3 is 6.18 Å². The zero-order chi connectivity index (χ0) is 21.3. The van der Waals surface area contributed by atoms with E-state index in [1.54, 1.807) is 18.2 Å². The molecule has 1 aliphatic heterocycles. The molecule has 0 bridgehead atoms. The van der Waals surface area contributed by atoms with Gasteiger partial charge in [0, 0.05) is 20.2 Å². The zero-order valence-electron chi connectivity index (χ0n) is 16.0. The number of ether oxygens (including phenoxy) is 3. The minimum Gasteiger partial charge on any atom is -0.454 e. The van der Waals surface area contributed by atoms with Crippen LogP contribution in [0.3, 0.4) is 0 Å². The number of aromatic amines is 1. The summed E-state index contributed by atoms with van der Waals surface area (Å²) < 4.78 is 54.9. The van der Waals surface area contributed by atoms with Crippen molar-refractivity contribution >= 4 is 16.9 Å². The van der Waals surface area contributed by atoms with Crippen molar-refractivity contribution in [3.05, 3.63) is 53.3 Å². The third-order valence-electron chi connectivity index (χ3n) is 4.67. The fraction of sp³-hybridized carbons (Fsp3) is 0.300. The molecular formula is C20H18F3N3O4. The molecule has 0 spiro atoms. The van der Waals surface area contributed by atoms with E-state index in [1.165, 1.54) is 30.2 Å². The van der Waals surface area contributed by atoms with Gasteiger partial charge in [-0.1, -0.05) is 12.1 Å². The maximum atomic E-state index is 13.2. The van der Waals surface area contributed by atoms with Gasteiger partial charge in [0.2, 0.25) is 12.6 Å². The monoisotopic (exact) mass is 421 g/mol. The second-order valence-corrected chi connectivity index (χ2v) is 6.69. The van der Waals surface area contributed by atoms with Gasteiger partial charge in [0.1, 0.15) is 5.52 Å². The summed E-state index contributed by atoms with van der Waals surface area (Å²) in [6, 6.07) is 9.75. The number of H-pyrrole nitrogens is 1. The number of fused-ring (bicyclic) bond motifs is 2. The highest BCUT2D eigenvalue weighted by molar-refractivity contribution is 6.04. The van der Waals surface area contributed by atoms with Crippen molar-refractivity contribution in [3.8, 4) is 11.5 Å².